The number of hydrogen-bond acceptors (Lipinski definition) is 7. The van der Waals surface area contributed by atoms with Crippen molar-refractivity contribution in [2.45, 2.75) is 14.1 Å². The van der Waals surface area contributed by atoms with Crippen molar-refractivity contribution >= 4 is 122 Å². The summed E-state index contributed by atoms with van der Waals surface area (Å²) in [7, 11) is 0. The van der Waals surface area contributed by atoms with E-state index in [9.17, 15) is 29.3 Å². The topological polar surface area (TPSA) is 127 Å². The molecular formula is C30H15Cl8N3O7. The average Bonchev–Trinajstić information content (AvgIpc) is 3.44. The van der Waals surface area contributed by atoms with Crippen molar-refractivity contribution in [1.82, 2.24) is 10.0 Å². The number of ketones is 1. The smallest absolute Gasteiger partial charge is 0.273 e. The van der Waals surface area contributed by atoms with E-state index in [2.05, 4.69) is 0 Å². The van der Waals surface area contributed by atoms with Crippen LogP contribution in [0.15, 0.2) is 76.8 Å². The minimum Gasteiger partial charge on any atom is -0.457 e. The highest BCUT2D eigenvalue weighted by atomic mass is 35.5. The third-order valence-electron chi connectivity index (χ3n) is 8.28. The molecular weight excluding hydrogens is 798 g/mol. The van der Waals surface area contributed by atoms with Crippen LogP contribution in [0.5, 0.6) is 11.5 Å². The Morgan fingerprint density at radius 3 is 1.73 bits per heavy atom. The number of hydrazine groups is 1. The van der Waals surface area contributed by atoms with E-state index >= 15 is 0 Å². The average molecular weight is 813 g/mol. The number of carbonyl (C=O) groups is 4. The first kappa shape index (κ1) is 35.0. The van der Waals surface area contributed by atoms with Gasteiger partial charge < -0.3 is 4.74 Å². The lowest BCUT2D eigenvalue weighted by Crippen LogP contribution is -2.56. The largest absolute Gasteiger partial charge is 0.457 e. The Hall–Kier alpha value is -2.80. The summed E-state index contributed by atoms with van der Waals surface area (Å²) in [6.45, 7) is -0.828. The molecule has 1 saturated carbocycles. The van der Waals surface area contributed by atoms with E-state index in [4.69, 9.17) is 97.5 Å². The van der Waals surface area contributed by atoms with Crippen molar-refractivity contribution < 1.29 is 28.8 Å². The number of rotatable bonds is 8. The van der Waals surface area contributed by atoms with Gasteiger partial charge in [-0.1, -0.05) is 69.6 Å². The summed E-state index contributed by atoms with van der Waals surface area (Å²) in [5.41, 5.74) is -0.179. The number of carbonyl (C=O) groups excluding carboxylic acids is 4. The third-order valence-corrected chi connectivity index (χ3v) is 13.3. The molecule has 18 heteroatoms. The Morgan fingerprint density at radius 2 is 1.25 bits per heavy atom. The minimum absolute atomic E-state index is 0.0114. The van der Waals surface area contributed by atoms with Gasteiger partial charge >= 0.3 is 0 Å². The van der Waals surface area contributed by atoms with E-state index in [-0.39, 0.29) is 42.7 Å². The number of non-ortho nitro benzene ring substituents is 1. The fourth-order valence-electron chi connectivity index (χ4n) is 5.94. The van der Waals surface area contributed by atoms with E-state index in [0.29, 0.717) is 15.8 Å². The normalized spacial score (nSPS) is 25.4. The molecule has 6 rings (SSSR count). The zero-order valence-electron chi connectivity index (χ0n) is 23.4. The molecule has 1 saturated heterocycles. The maximum Gasteiger partial charge on any atom is 0.273 e. The number of nitro benzene ring substituents is 1. The highest BCUT2D eigenvalue weighted by molar-refractivity contribution is 6.66. The SMILES string of the molecule is O=C(CN(C(=O)c1ccc(Cl)c(Cl)c1)N1C(=O)[C@@H]2[C@@H](C1=O)[C@@]1(Cl)C(Cl)=C(Cl)[C@@]2(Cl)C1(Cl)Cl)c1ccc(Oc2ccc([N+](=O)[O-])cc2)cc1. The number of imide groups is 1. The van der Waals surface area contributed by atoms with Gasteiger partial charge in [0.25, 0.3) is 23.4 Å². The summed E-state index contributed by atoms with van der Waals surface area (Å²) in [4.78, 5) is 61.8. The lowest BCUT2D eigenvalue weighted by atomic mass is 9.84. The Labute approximate surface area is 311 Å². The number of nitro groups is 1. The fourth-order valence-corrected chi connectivity index (χ4v) is 9.17. The van der Waals surface area contributed by atoms with E-state index in [0.717, 1.165) is 0 Å². The van der Waals surface area contributed by atoms with Crippen LogP contribution in [-0.2, 0) is 9.59 Å². The van der Waals surface area contributed by atoms with Crippen LogP contribution in [0.3, 0.4) is 0 Å². The molecule has 3 aromatic rings. The number of ether oxygens (including phenoxy) is 1. The van der Waals surface area contributed by atoms with Crippen molar-refractivity contribution in [2.75, 3.05) is 6.54 Å². The van der Waals surface area contributed by atoms with Crippen LogP contribution in [-0.4, -0.2) is 59.1 Å². The summed E-state index contributed by atoms with van der Waals surface area (Å²) in [5, 5.41) is 11.5. The van der Waals surface area contributed by atoms with E-state index in [1.807, 2.05) is 0 Å². The lowest BCUT2D eigenvalue weighted by molar-refractivity contribution is -0.384. The number of hydrogen-bond donors (Lipinski definition) is 0. The van der Waals surface area contributed by atoms with E-state index in [1.165, 1.54) is 66.7 Å². The standard InChI is InChI=1S/C30H15Cl8N3O7/c31-18-10-3-14(11-19(18)32)25(43)39(12-20(42)13-1-6-16(7-2-13)48-17-8-4-15(5-9-17)41(46)47)40-26(44)21-22(27(40)45)29(36)24(34)23(33)28(21,35)30(29,37)38/h1-11,21-22H,12H2/t21-,22-,28+,29+/m0/s1. The molecule has 248 valence electrons. The number of alkyl halides is 4. The van der Waals surface area contributed by atoms with Gasteiger partial charge in [0.05, 0.1) is 36.9 Å². The van der Waals surface area contributed by atoms with Crippen molar-refractivity contribution in [1.29, 1.82) is 0 Å². The number of fused-ring (bicyclic) bond motifs is 5. The van der Waals surface area contributed by atoms with Gasteiger partial charge in [0.1, 0.15) is 27.8 Å². The number of Topliss-reactive ketones (excluding diaryl/α,β-unsaturated/α-hetero) is 1. The molecule has 0 aromatic heterocycles. The van der Waals surface area contributed by atoms with Gasteiger partial charge in [-0.3, -0.25) is 29.3 Å². The maximum atomic E-state index is 14.1. The van der Waals surface area contributed by atoms with Gasteiger partial charge in [-0.25, -0.2) is 5.01 Å². The molecule has 2 bridgehead atoms. The fraction of sp³-hybridized carbons (Fsp3) is 0.200. The molecule has 1 aliphatic heterocycles. The molecule has 3 aromatic carbocycles. The van der Waals surface area contributed by atoms with Crippen molar-refractivity contribution in [2.24, 2.45) is 11.8 Å². The first-order valence-corrected chi connectivity index (χ1v) is 16.5. The molecule has 2 aliphatic carbocycles. The van der Waals surface area contributed by atoms with Crippen molar-refractivity contribution in [3.05, 3.63) is 108 Å². The summed E-state index contributed by atoms with van der Waals surface area (Å²) in [6.07, 6.45) is 0. The van der Waals surface area contributed by atoms with Crippen LogP contribution in [0.4, 0.5) is 5.69 Å². The second-order valence-electron chi connectivity index (χ2n) is 10.9. The zero-order valence-corrected chi connectivity index (χ0v) is 29.5. The van der Waals surface area contributed by atoms with Gasteiger partial charge in [-0.05, 0) is 54.6 Å². The molecule has 0 radical (unpaired) electrons. The molecule has 0 N–H and O–H groups in total. The third kappa shape index (κ3) is 4.99. The Kier molecular flexibility index (Phi) is 8.91. The Morgan fingerprint density at radius 1 is 0.771 bits per heavy atom. The predicted octanol–water partition coefficient (Wildman–Crippen LogP) is 8.38. The van der Waals surface area contributed by atoms with Crippen LogP contribution in [0.1, 0.15) is 20.7 Å². The second kappa shape index (κ2) is 12.2. The molecule has 4 atom stereocenters. The zero-order chi connectivity index (χ0) is 35.1. The summed E-state index contributed by atoms with van der Waals surface area (Å²) in [5.74, 6) is -6.34. The van der Waals surface area contributed by atoms with Crippen LogP contribution < -0.4 is 4.74 Å². The van der Waals surface area contributed by atoms with E-state index < -0.39 is 60.9 Å². The van der Waals surface area contributed by atoms with Crippen molar-refractivity contribution in [3.8, 4) is 11.5 Å². The molecule has 0 unspecified atom stereocenters. The van der Waals surface area contributed by atoms with Crippen LogP contribution >= 0.6 is 92.8 Å². The molecule has 1 heterocycles. The van der Waals surface area contributed by atoms with Crippen LogP contribution in [0, 0.1) is 22.0 Å². The second-order valence-corrected chi connectivity index (χ2v) is 15.0. The number of benzene rings is 3. The summed E-state index contributed by atoms with van der Waals surface area (Å²) in [6, 6.07) is 14.8. The lowest BCUT2D eigenvalue weighted by Gasteiger charge is -2.36. The van der Waals surface area contributed by atoms with Crippen molar-refractivity contribution in [3.63, 3.8) is 0 Å². The molecule has 3 amide bonds. The van der Waals surface area contributed by atoms with Crippen LogP contribution in [0.25, 0.3) is 0 Å². The Balaban J connectivity index is 1.32. The van der Waals surface area contributed by atoms with Gasteiger partial charge in [-0.2, -0.15) is 5.01 Å². The molecule has 0 spiro atoms. The Bertz CT molecular complexity index is 1930. The summed E-state index contributed by atoms with van der Waals surface area (Å²) >= 11 is 51.7. The van der Waals surface area contributed by atoms with Gasteiger partial charge in [-0.15, -0.1) is 23.2 Å². The monoisotopic (exact) mass is 809 g/mol. The molecule has 48 heavy (non-hydrogen) atoms. The van der Waals surface area contributed by atoms with Gasteiger partial charge in [0, 0.05) is 23.3 Å². The molecule has 3 aliphatic rings. The number of allylic oxidation sites excluding steroid dienone is 2. The number of nitrogens with zero attached hydrogens (tertiary/aromatic N) is 3. The predicted molar refractivity (Wildman–Crippen MR) is 181 cm³/mol. The number of amides is 3. The maximum absolute atomic E-state index is 14.1. The van der Waals surface area contributed by atoms with Crippen LogP contribution in [0.2, 0.25) is 10.0 Å². The van der Waals surface area contributed by atoms with Gasteiger partial charge in [0.15, 0.2) is 10.1 Å². The molecule has 2 fully saturated rings. The first-order valence-electron chi connectivity index (χ1n) is 13.5. The number of halogens is 8. The van der Waals surface area contributed by atoms with Gasteiger partial charge in [0.2, 0.25) is 0 Å². The highest BCUT2D eigenvalue weighted by Crippen LogP contribution is 2.77. The first-order chi connectivity index (χ1) is 22.5. The summed E-state index contributed by atoms with van der Waals surface area (Å²) < 4.78 is 3.47. The highest BCUT2D eigenvalue weighted by Gasteiger charge is 2.88. The van der Waals surface area contributed by atoms with E-state index in [1.54, 1.807) is 0 Å². The quantitative estimate of drug-likeness (QED) is 0.0736. The molecule has 10 nitrogen and oxygen atoms in total. The minimum atomic E-state index is -2.21.